The molecule has 112 valence electrons. The molecule has 4 nitrogen and oxygen atoms in total. The zero-order valence-electron chi connectivity index (χ0n) is 12.7. The highest BCUT2D eigenvalue weighted by Gasteiger charge is 2.38. The van der Waals surface area contributed by atoms with Crippen LogP contribution in [0.3, 0.4) is 0 Å². The Hall–Kier alpha value is -2.62. The van der Waals surface area contributed by atoms with Gasteiger partial charge >= 0.3 is 0 Å². The maximum Gasteiger partial charge on any atom is 0.254 e. The smallest absolute Gasteiger partial charge is 0.254 e. The van der Waals surface area contributed by atoms with Crippen molar-refractivity contribution in [3.8, 4) is 0 Å². The van der Waals surface area contributed by atoms with E-state index in [1.807, 2.05) is 55.5 Å². The molecule has 1 aliphatic heterocycles. The van der Waals surface area contributed by atoms with Gasteiger partial charge in [-0.25, -0.2) is 0 Å². The Morgan fingerprint density at radius 1 is 1.14 bits per heavy atom. The molecule has 1 N–H and O–H groups in total. The van der Waals surface area contributed by atoms with E-state index in [4.69, 9.17) is 0 Å². The van der Waals surface area contributed by atoms with E-state index >= 15 is 0 Å². The molecule has 2 aromatic carbocycles. The van der Waals surface area contributed by atoms with Crippen molar-refractivity contribution >= 4 is 17.5 Å². The van der Waals surface area contributed by atoms with Gasteiger partial charge in [-0.2, -0.15) is 0 Å². The molecule has 0 spiro atoms. The summed E-state index contributed by atoms with van der Waals surface area (Å²) in [6.45, 7) is 3.93. The summed E-state index contributed by atoms with van der Waals surface area (Å²) in [5.74, 6) is -0.282. The zero-order valence-corrected chi connectivity index (χ0v) is 12.7. The fourth-order valence-corrected chi connectivity index (χ4v) is 2.95. The van der Waals surface area contributed by atoms with E-state index in [1.165, 1.54) is 6.92 Å². The van der Waals surface area contributed by atoms with Crippen molar-refractivity contribution in [1.29, 1.82) is 0 Å². The van der Waals surface area contributed by atoms with Crippen LogP contribution in [-0.2, 0) is 16.1 Å². The number of anilines is 1. The van der Waals surface area contributed by atoms with Gasteiger partial charge in [0.15, 0.2) is 0 Å². The monoisotopic (exact) mass is 294 g/mol. The first-order valence-corrected chi connectivity index (χ1v) is 7.30. The Bertz CT molecular complexity index is 725. The number of hydrogen-bond donors (Lipinski definition) is 1. The van der Waals surface area contributed by atoms with Gasteiger partial charge in [0.25, 0.3) is 5.91 Å². The number of fused-ring (bicyclic) bond motifs is 1. The number of rotatable bonds is 3. The molecule has 0 saturated carbocycles. The Labute approximate surface area is 129 Å². The van der Waals surface area contributed by atoms with Crippen LogP contribution in [0.15, 0.2) is 48.5 Å². The van der Waals surface area contributed by atoms with Gasteiger partial charge in [0.2, 0.25) is 5.91 Å². The second-order valence-electron chi connectivity index (χ2n) is 5.56. The van der Waals surface area contributed by atoms with Crippen LogP contribution in [0.5, 0.6) is 0 Å². The zero-order chi connectivity index (χ0) is 15.7. The van der Waals surface area contributed by atoms with E-state index < -0.39 is 6.04 Å². The molecule has 3 rings (SSSR count). The summed E-state index contributed by atoms with van der Waals surface area (Å²) in [5.41, 5.74) is 3.88. The Morgan fingerprint density at radius 3 is 2.55 bits per heavy atom. The molecule has 0 radical (unpaired) electrons. The number of amides is 2. The third kappa shape index (κ3) is 2.48. The first kappa shape index (κ1) is 14.3. The van der Waals surface area contributed by atoms with Gasteiger partial charge in [0, 0.05) is 12.5 Å². The van der Waals surface area contributed by atoms with Crippen LogP contribution in [0, 0.1) is 6.92 Å². The largest absolute Gasteiger partial charge is 0.341 e. The second kappa shape index (κ2) is 5.64. The highest BCUT2D eigenvalue weighted by atomic mass is 16.2. The van der Waals surface area contributed by atoms with E-state index in [0.717, 1.165) is 22.4 Å². The minimum atomic E-state index is -0.587. The van der Waals surface area contributed by atoms with Gasteiger partial charge in [-0.3, -0.25) is 9.59 Å². The lowest BCUT2D eigenvalue weighted by atomic mass is 10.1. The van der Waals surface area contributed by atoms with Crippen molar-refractivity contribution in [3.05, 3.63) is 65.2 Å². The van der Waals surface area contributed by atoms with Crippen LogP contribution in [0.25, 0.3) is 0 Å². The number of para-hydroxylation sites is 1. The van der Waals surface area contributed by atoms with Gasteiger partial charge in [-0.1, -0.05) is 48.5 Å². The molecule has 1 atom stereocenters. The summed E-state index contributed by atoms with van der Waals surface area (Å²) in [6.07, 6.45) is 0. The highest BCUT2D eigenvalue weighted by molar-refractivity contribution is 6.06. The van der Waals surface area contributed by atoms with Gasteiger partial charge in [-0.15, -0.1) is 0 Å². The van der Waals surface area contributed by atoms with Crippen molar-refractivity contribution in [1.82, 2.24) is 5.32 Å². The first-order chi connectivity index (χ1) is 10.6. The molecule has 4 heteroatoms. The fourth-order valence-electron chi connectivity index (χ4n) is 2.95. The Morgan fingerprint density at radius 2 is 1.86 bits per heavy atom. The quantitative estimate of drug-likeness (QED) is 0.946. The first-order valence-electron chi connectivity index (χ1n) is 7.30. The van der Waals surface area contributed by atoms with E-state index in [1.54, 1.807) is 4.90 Å². The van der Waals surface area contributed by atoms with E-state index in [-0.39, 0.29) is 11.8 Å². The third-order valence-corrected chi connectivity index (χ3v) is 3.89. The summed E-state index contributed by atoms with van der Waals surface area (Å²) in [6, 6.07) is 15.1. The minimum Gasteiger partial charge on any atom is -0.341 e. The molecule has 0 aromatic heterocycles. The van der Waals surface area contributed by atoms with Crippen LogP contribution in [0.4, 0.5) is 5.69 Å². The van der Waals surface area contributed by atoms with Gasteiger partial charge in [0.1, 0.15) is 6.04 Å². The predicted molar refractivity (Wildman–Crippen MR) is 85.4 cm³/mol. The van der Waals surface area contributed by atoms with Crippen molar-refractivity contribution in [2.24, 2.45) is 0 Å². The lowest BCUT2D eigenvalue weighted by Crippen LogP contribution is -2.36. The molecule has 2 amide bonds. The van der Waals surface area contributed by atoms with Gasteiger partial charge in [0.05, 0.1) is 12.2 Å². The van der Waals surface area contributed by atoms with Crippen LogP contribution in [0.1, 0.15) is 29.7 Å². The lowest BCUT2D eigenvalue weighted by molar-refractivity contribution is -0.126. The molecule has 1 heterocycles. The summed E-state index contributed by atoms with van der Waals surface area (Å²) < 4.78 is 0. The fraction of sp³-hybridized carbons (Fsp3) is 0.222. The van der Waals surface area contributed by atoms with Crippen molar-refractivity contribution in [3.63, 3.8) is 0 Å². The van der Waals surface area contributed by atoms with Crippen LogP contribution < -0.4 is 10.2 Å². The average molecular weight is 294 g/mol. The van der Waals surface area contributed by atoms with E-state index in [9.17, 15) is 9.59 Å². The van der Waals surface area contributed by atoms with Crippen molar-refractivity contribution in [2.45, 2.75) is 26.4 Å². The Kier molecular flexibility index (Phi) is 3.67. The number of benzene rings is 2. The molecular weight excluding hydrogens is 276 g/mol. The molecule has 0 saturated heterocycles. The molecular formula is C18H18N2O2. The van der Waals surface area contributed by atoms with Gasteiger partial charge in [-0.05, 0) is 18.1 Å². The van der Waals surface area contributed by atoms with Crippen LogP contribution >= 0.6 is 0 Å². The second-order valence-corrected chi connectivity index (χ2v) is 5.56. The molecule has 0 unspecified atom stereocenters. The number of hydrogen-bond acceptors (Lipinski definition) is 2. The molecule has 2 aromatic rings. The average Bonchev–Trinajstić information content (AvgIpc) is 2.75. The standard InChI is InChI=1S/C18H18N2O2/c1-12-7-6-10-15-16(19-13(2)21)18(22)20(17(12)15)11-14-8-4-3-5-9-14/h3-10,16H,11H2,1-2H3,(H,19,21)/t16-/m1/s1. The summed E-state index contributed by atoms with van der Waals surface area (Å²) in [4.78, 5) is 26.0. The lowest BCUT2D eigenvalue weighted by Gasteiger charge is -2.19. The van der Waals surface area contributed by atoms with Crippen molar-refractivity contribution in [2.75, 3.05) is 4.90 Å². The SMILES string of the molecule is CC(=O)N[C@H]1C(=O)N(Cc2ccccc2)c2c(C)cccc21. The number of carbonyl (C=O) groups excluding carboxylic acids is 2. The normalized spacial score (nSPS) is 16.5. The maximum absolute atomic E-state index is 12.8. The minimum absolute atomic E-state index is 0.0802. The maximum atomic E-state index is 12.8. The number of nitrogens with one attached hydrogen (secondary N) is 1. The molecule has 22 heavy (non-hydrogen) atoms. The van der Waals surface area contributed by atoms with E-state index in [2.05, 4.69) is 5.32 Å². The Balaban J connectivity index is 2.01. The molecule has 1 aliphatic rings. The summed E-state index contributed by atoms with van der Waals surface area (Å²) >= 11 is 0. The molecule has 0 bridgehead atoms. The molecule has 0 aliphatic carbocycles. The third-order valence-electron chi connectivity index (χ3n) is 3.89. The van der Waals surface area contributed by atoms with Crippen LogP contribution in [0.2, 0.25) is 0 Å². The molecule has 0 fully saturated rings. The van der Waals surface area contributed by atoms with Gasteiger partial charge < -0.3 is 10.2 Å². The number of aryl methyl sites for hydroxylation is 1. The topological polar surface area (TPSA) is 49.4 Å². The highest BCUT2D eigenvalue weighted by Crippen LogP contribution is 2.39. The van der Waals surface area contributed by atoms with Crippen LogP contribution in [-0.4, -0.2) is 11.8 Å². The summed E-state index contributed by atoms with van der Waals surface area (Å²) in [5, 5.41) is 2.76. The number of carbonyl (C=O) groups is 2. The van der Waals surface area contributed by atoms with E-state index in [0.29, 0.717) is 6.54 Å². The number of nitrogens with zero attached hydrogens (tertiary/aromatic N) is 1. The summed E-state index contributed by atoms with van der Waals surface area (Å²) in [7, 11) is 0. The predicted octanol–water partition coefficient (Wildman–Crippen LogP) is 2.72. The van der Waals surface area contributed by atoms with Crippen molar-refractivity contribution < 1.29 is 9.59 Å².